The number of likely N-dealkylation sites (tertiary alicyclic amines) is 1. The fraction of sp³-hybridized carbons (Fsp3) is 0.933. The highest BCUT2D eigenvalue weighted by atomic mass is 16.6. The Balaban J connectivity index is 2.60. The first-order valence-corrected chi connectivity index (χ1v) is 7.57. The molecule has 1 amide bonds. The summed E-state index contributed by atoms with van der Waals surface area (Å²) in [7, 11) is 1.70. The van der Waals surface area contributed by atoms with Gasteiger partial charge in [0.15, 0.2) is 0 Å². The lowest BCUT2D eigenvalue weighted by atomic mass is 10.1. The molecule has 5 heteroatoms. The van der Waals surface area contributed by atoms with E-state index in [2.05, 4.69) is 19.2 Å². The van der Waals surface area contributed by atoms with Gasteiger partial charge < -0.3 is 19.7 Å². The predicted octanol–water partition coefficient (Wildman–Crippen LogP) is 2.40. The molecule has 1 aliphatic heterocycles. The normalized spacial score (nSPS) is 23.4. The zero-order chi connectivity index (χ0) is 15.3. The van der Waals surface area contributed by atoms with Gasteiger partial charge in [-0.3, -0.25) is 0 Å². The van der Waals surface area contributed by atoms with Crippen LogP contribution in [0.5, 0.6) is 0 Å². The molecule has 0 bridgehead atoms. The lowest BCUT2D eigenvalue weighted by Crippen LogP contribution is -2.45. The zero-order valence-electron chi connectivity index (χ0n) is 13.7. The maximum atomic E-state index is 12.1. The Bertz CT molecular complexity index is 311. The number of amides is 1. The Kier molecular flexibility index (Phi) is 6.27. The molecule has 0 aromatic rings. The molecule has 1 unspecified atom stereocenters. The first-order valence-electron chi connectivity index (χ1n) is 7.57. The van der Waals surface area contributed by atoms with Gasteiger partial charge in [-0.15, -0.1) is 0 Å². The van der Waals surface area contributed by atoms with Crippen molar-refractivity contribution in [1.82, 2.24) is 10.2 Å². The summed E-state index contributed by atoms with van der Waals surface area (Å²) >= 11 is 0. The molecule has 20 heavy (non-hydrogen) atoms. The summed E-state index contributed by atoms with van der Waals surface area (Å²) in [6.07, 6.45) is 1.93. The molecule has 0 aromatic heterocycles. The summed E-state index contributed by atoms with van der Waals surface area (Å²) < 4.78 is 10.9. The number of nitrogens with zero attached hydrogens (tertiary/aromatic N) is 1. The Hall–Kier alpha value is -0.810. The van der Waals surface area contributed by atoms with Gasteiger partial charge in [0.1, 0.15) is 5.60 Å². The van der Waals surface area contributed by atoms with Crippen molar-refractivity contribution in [3.8, 4) is 0 Å². The van der Waals surface area contributed by atoms with Crippen LogP contribution in [0.3, 0.4) is 0 Å². The highest BCUT2D eigenvalue weighted by Crippen LogP contribution is 2.18. The van der Waals surface area contributed by atoms with Crippen LogP contribution in [0.4, 0.5) is 4.79 Å². The third-order valence-electron chi connectivity index (χ3n) is 3.66. The van der Waals surface area contributed by atoms with Crippen LogP contribution in [0.15, 0.2) is 0 Å². The summed E-state index contributed by atoms with van der Waals surface area (Å²) in [5.74, 6) is 0. The monoisotopic (exact) mass is 286 g/mol. The van der Waals surface area contributed by atoms with Crippen LogP contribution in [-0.4, -0.2) is 55.0 Å². The Morgan fingerprint density at radius 3 is 2.35 bits per heavy atom. The van der Waals surface area contributed by atoms with Crippen LogP contribution in [0.25, 0.3) is 0 Å². The zero-order valence-corrected chi connectivity index (χ0v) is 13.7. The van der Waals surface area contributed by atoms with Crippen molar-refractivity contribution in [3.05, 3.63) is 0 Å². The first-order chi connectivity index (χ1) is 9.30. The van der Waals surface area contributed by atoms with Gasteiger partial charge in [-0.2, -0.15) is 0 Å². The molecule has 0 radical (unpaired) electrons. The minimum absolute atomic E-state index is 0.0307. The van der Waals surface area contributed by atoms with Gasteiger partial charge in [0, 0.05) is 19.7 Å². The predicted molar refractivity (Wildman–Crippen MR) is 79.9 cm³/mol. The third kappa shape index (κ3) is 4.94. The van der Waals surface area contributed by atoms with Crippen LogP contribution in [-0.2, 0) is 9.47 Å². The molecule has 118 valence electrons. The van der Waals surface area contributed by atoms with E-state index in [0.29, 0.717) is 19.1 Å². The maximum absolute atomic E-state index is 12.1. The van der Waals surface area contributed by atoms with Crippen LogP contribution >= 0.6 is 0 Å². The average molecular weight is 286 g/mol. The van der Waals surface area contributed by atoms with Crippen molar-refractivity contribution in [1.29, 1.82) is 0 Å². The number of hydrogen-bond donors (Lipinski definition) is 1. The molecule has 1 rings (SSSR count). The molecule has 2 atom stereocenters. The van der Waals surface area contributed by atoms with Gasteiger partial charge >= 0.3 is 6.09 Å². The number of methoxy groups -OCH3 is 1. The molecule has 0 aromatic carbocycles. The molecule has 5 nitrogen and oxygen atoms in total. The summed E-state index contributed by atoms with van der Waals surface area (Å²) in [5.41, 5.74) is -0.458. The molecule has 1 fully saturated rings. The minimum atomic E-state index is -0.458. The number of nitrogens with one attached hydrogen (secondary N) is 1. The van der Waals surface area contributed by atoms with E-state index in [9.17, 15) is 4.79 Å². The Morgan fingerprint density at radius 1 is 1.30 bits per heavy atom. The smallest absolute Gasteiger partial charge is 0.410 e. The van der Waals surface area contributed by atoms with Gasteiger partial charge in [0.25, 0.3) is 0 Å². The highest BCUT2D eigenvalue weighted by Gasteiger charge is 2.37. The quantitative estimate of drug-likeness (QED) is 0.843. The molecular formula is C15H30N2O3. The highest BCUT2D eigenvalue weighted by molar-refractivity contribution is 5.68. The average Bonchev–Trinajstić information content (AvgIpc) is 2.77. The molecule has 0 spiro atoms. The summed E-state index contributed by atoms with van der Waals surface area (Å²) in [5, 5.41) is 3.59. The Labute approximate surface area is 123 Å². The van der Waals surface area contributed by atoms with Crippen molar-refractivity contribution in [2.45, 2.75) is 71.2 Å². The number of ether oxygens (including phenoxy) is 2. The van der Waals surface area contributed by atoms with Crippen LogP contribution < -0.4 is 5.32 Å². The maximum Gasteiger partial charge on any atom is 0.410 e. The van der Waals surface area contributed by atoms with Crippen molar-refractivity contribution in [2.24, 2.45) is 0 Å². The number of carbonyl (C=O) groups is 1. The first kappa shape index (κ1) is 17.2. The third-order valence-corrected chi connectivity index (χ3v) is 3.66. The second-order valence-electron chi connectivity index (χ2n) is 6.45. The lowest BCUT2D eigenvalue weighted by molar-refractivity contribution is 0.0252. The second kappa shape index (κ2) is 7.27. The van der Waals surface area contributed by atoms with E-state index in [4.69, 9.17) is 9.47 Å². The SMILES string of the molecule is CCC(CC)NC1CN(C(=O)OC(C)(C)C)C[C@@H]1OC. The van der Waals surface area contributed by atoms with E-state index in [1.165, 1.54) is 0 Å². The molecule has 1 aliphatic rings. The molecular weight excluding hydrogens is 256 g/mol. The van der Waals surface area contributed by atoms with Gasteiger partial charge in [0.2, 0.25) is 0 Å². The number of hydrogen-bond acceptors (Lipinski definition) is 4. The standard InChI is InChI=1S/C15H30N2O3/c1-7-11(8-2)16-12-9-17(10-13(12)19-6)14(18)20-15(3,4)5/h11-13,16H,7-10H2,1-6H3/t12?,13-/m0/s1. The fourth-order valence-electron chi connectivity index (χ4n) is 2.48. The molecule has 0 saturated carbocycles. The van der Waals surface area contributed by atoms with E-state index in [-0.39, 0.29) is 18.2 Å². The molecule has 0 aliphatic carbocycles. The molecule has 1 N–H and O–H groups in total. The van der Waals surface area contributed by atoms with E-state index in [1.807, 2.05) is 20.8 Å². The van der Waals surface area contributed by atoms with Crippen molar-refractivity contribution < 1.29 is 14.3 Å². The molecule has 1 saturated heterocycles. The number of carbonyl (C=O) groups excluding carboxylic acids is 1. The summed E-state index contributed by atoms with van der Waals surface area (Å²) in [6, 6.07) is 0.647. The topological polar surface area (TPSA) is 50.8 Å². The summed E-state index contributed by atoms with van der Waals surface area (Å²) in [4.78, 5) is 13.8. The van der Waals surface area contributed by atoms with Gasteiger partial charge in [0.05, 0.1) is 18.7 Å². The Morgan fingerprint density at radius 2 is 1.90 bits per heavy atom. The largest absolute Gasteiger partial charge is 0.444 e. The fourth-order valence-corrected chi connectivity index (χ4v) is 2.48. The van der Waals surface area contributed by atoms with E-state index < -0.39 is 5.60 Å². The molecule has 1 heterocycles. The van der Waals surface area contributed by atoms with Crippen molar-refractivity contribution >= 4 is 6.09 Å². The number of rotatable bonds is 5. The van der Waals surface area contributed by atoms with E-state index >= 15 is 0 Å². The van der Waals surface area contributed by atoms with Crippen molar-refractivity contribution in [3.63, 3.8) is 0 Å². The summed E-state index contributed by atoms with van der Waals surface area (Å²) in [6.45, 7) is 11.2. The van der Waals surface area contributed by atoms with Gasteiger partial charge in [-0.25, -0.2) is 4.79 Å². The lowest BCUT2D eigenvalue weighted by Gasteiger charge is -2.25. The van der Waals surface area contributed by atoms with Crippen LogP contribution in [0, 0.1) is 0 Å². The minimum Gasteiger partial charge on any atom is -0.444 e. The van der Waals surface area contributed by atoms with Gasteiger partial charge in [-0.1, -0.05) is 13.8 Å². The van der Waals surface area contributed by atoms with E-state index in [0.717, 1.165) is 12.8 Å². The second-order valence-corrected chi connectivity index (χ2v) is 6.45. The van der Waals surface area contributed by atoms with E-state index in [1.54, 1.807) is 12.0 Å². The van der Waals surface area contributed by atoms with Gasteiger partial charge in [-0.05, 0) is 33.6 Å². The van der Waals surface area contributed by atoms with Crippen LogP contribution in [0.1, 0.15) is 47.5 Å². The van der Waals surface area contributed by atoms with Crippen molar-refractivity contribution in [2.75, 3.05) is 20.2 Å². The van der Waals surface area contributed by atoms with Crippen LogP contribution in [0.2, 0.25) is 0 Å².